The van der Waals surface area contributed by atoms with Crippen molar-refractivity contribution in [2.75, 3.05) is 5.73 Å². The Balaban J connectivity index is 2.49. The monoisotopic (exact) mass is 314 g/mol. The van der Waals surface area contributed by atoms with E-state index in [-0.39, 0.29) is 22.0 Å². The molecular weight excluding hydrogens is 304 g/mol. The number of phenolic OH excluding ortho intramolecular Hbond substituents is 1. The molecule has 0 atom stereocenters. The molecule has 1 heterocycles. The van der Waals surface area contributed by atoms with Crippen LogP contribution in [0.25, 0.3) is 22.2 Å². The van der Waals surface area contributed by atoms with Crippen LogP contribution in [-0.2, 0) is 0 Å². The van der Waals surface area contributed by atoms with E-state index in [0.29, 0.717) is 22.2 Å². The first-order valence-corrected chi connectivity index (χ1v) is 6.69. The van der Waals surface area contributed by atoms with Crippen molar-refractivity contribution in [2.24, 2.45) is 5.73 Å². The van der Waals surface area contributed by atoms with Crippen LogP contribution in [0, 0.1) is 0 Å². The van der Waals surface area contributed by atoms with Crippen molar-refractivity contribution in [3.8, 4) is 16.9 Å². The minimum Gasteiger partial charge on any atom is -0.506 e. The number of hydrogen-bond donors (Lipinski definition) is 3. The Morgan fingerprint density at radius 1 is 1.23 bits per heavy atom. The van der Waals surface area contributed by atoms with Crippen LogP contribution in [0.2, 0.25) is 5.02 Å². The van der Waals surface area contributed by atoms with Crippen LogP contribution in [-0.4, -0.2) is 21.0 Å². The lowest BCUT2D eigenvalue weighted by Crippen LogP contribution is -2.14. The summed E-state index contributed by atoms with van der Waals surface area (Å²) in [5.41, 5.74) is 13.5. The van der Waals surface area contributed by atoms with E-state index in [1.54, 1.807) is 12.1 Å². The molecule has 0 unspecified atom stereocenters. The third kappa shape index (κ3) is 2.10. The van der Waals surface area contributed by atoms with Crippen LogP contribution < -0.4 is 11.5 Å². The van der Waals surface area contributed by atoms with E-state index in [9.17, 15) is 9.90 Å². The summed E-state index contributed by atoms with van der Waals surface area (Å²) in [4.78, 5) is 20.0. The van der Waals surface area contributed by atoms with Crippen LogP contribution in [0.15, 0.2) is 36.7 Å². The SMILES string of the molecule is NC(=O)c1cc2nccnc2c(-c2cccc(O)c2Cl)c1N. The van der Waals surface area contributed by atoms with E-state index in [0.717, 1.165) is 0 Å². The van der Waals surface area contributed by atoms with Crippen molar-refractivity contribution in [3.63, 3.8) is 0 Å². The van der Waals surface area contributed by atoms with Gasteiger partial charge in [0.2, 0.25) is 0 Å². The van der Waals surface area contributed by atoms with Gasteiger partial charge in [-0.2, -0.15) is 0 Å². The maximum absolute atomic E-state index is 11.6. The Morgan fingerprint density at radius 2 is 1.95 bits per heavy atom. The molecule has 0 fully saturated rings. The summed E-state index contributed by atoms with van der Waals surface area (Å²) in [7, 11) is 0. The standard InChI is InChI=1S/C15H11ClN4O2/c16-12-7(2-1-3-10(12)21)11-13(17)8(15(18)22)6-9-14(11)20-5-4-19-9/h1-6,21H,17H2,(H2,18,22). The van der Waals surface area contributed by atoms with Crippen molar-refractivity contribution >= 4 is 34.2 Å². The normalized spacial score (nSPS) is 10.8. The minimum atomic E-state index is -0.678. The Bertz CT molecular complexity index is 911. The average Bonchev–Trinajstić information content (AvgIpc) is 2.50. The number of phenols is 1. The molecule has 6 nitrogen and oxygen atoms in total. The first kappa shape index (κ1) is 14.1. The highest BCUT2D eigenvalue weighted by Crippen LogP contribution is 2.41. The van der Waals surface area contributed by atoms with Crippen LogP contribution >= 0.6 is 11.6 Å². The predicted octanol–water partition coefficient (Wildman–Crippen LogP) is 2.34. The van der Waals surface area contributed by atoms with Crippen molar-refractivity contribution < 1.29 is 9.90 Å². The lowest BCUT2D eigenvalue weighted by atomic mass is 9.97. The summed E-state index contributed by atoms with van der Waals surface area (Å²) >= 11 is 6.16. The summed E-state index contributed by atoms with van der Waals surface area (Å²) in [5, 5.41) is 9.92. The van der Waals surface area contributed by atoms with Gasteiger partial charge in [-0.1, -0.05) is 23.7 Å². The average molecular weight is 315 g/mol. The number of benzene rings is 2. The van der Waals surface area contributed by atoms with Crippen LogP contribution in [0.1, 0.15) is 10.4 Å². The number of carbonyl (C=O) groups excluding carboxylic acids is 1. The van der Waals surface area contributed by atoms with E-state index in [1.165, 1.54) is 24.5 Å². The van der Waals surface area contributed by atoms with E-state index in [1.807, 2.05) is 0 Å². The molecule has 0 aliphatic carbocycles. The van der Waals surface area contributed by atoms with Gasteiger partial charge in [-0.25, -0.2) is 0 Å². The second kappa shape index (κ2) is 5.16. The zero-order valence-corrected chi connectivity index (χ0v) is 12.0. The number of hydrogen-bond acceptors (Lipinski definition) is 5. The number of nitrogens with two attached hydrogens (primary N) is 2. The number of nitrogen functional groups attached to an aromatic ring is 1. The maximum Gasteiger partial charge on any atom is 0.250 e. The fraction of sp³-hybridized carbons (Fsp3) is 0. The lowest BCUT2D eigenvalue weighted by molar-refractivity contribution is 0.100. The molecule has 0 radical (unpaired) electrons. The van der Waals surface area contributed by atoms with E-state index in [4.69, 9.17) is 23.1 Å². The molecule has 0 saturated heterocycles. The van der Waals surface area contributed by atoms with Gasteiger partial charge in [0.05, 0.1) is 27.3 Å². The smallest absolute Gasteiger partial charge is 0.250 e. The van der Waals surface area contributed by atoms with Gasteiger partial charge in [-0.3, -0.25) is 14.8 Å². The quantitative estimate of drug-likeness (QED) is 0.628. The Labute approximate surface area is 130 Å². The summed E-state index contributed by atoms with van der Waals surface area (Å²) < 4.78 is 0. The highest BCUT2D eigenvalue weighted by Gasteiger charge is 2.20. The summed E-state index contributed by atoms with van der Waals surface area (Å²) in [6, 6.07) is 6.23. The first-order chi connectivity index (χ1) is 10.5. The number of primary amides is 1. The van der Waals surface area contributed by atoms with Gasteiger partial charge in [0.15, 0.2) is 0 Å². The Kier molecular flexibility index (Phi) is 3.30. The number of anilines is 1. The van der Waals surface area contributed by atoms with Crippen LogP contribution in [0.3, 0.4) is 0 Å². The number of amides is 1. The number of halogens is 1. The maximum atomic E-state index is 11.6. The predicted molar refractivity (Wildman–Crippen MR) is 84.6 cm³/mol. The summed E-state index contributed by atoms with van der Waals surface area (Å²) in [6.45, 7) is 0. The zero-order valence-electron chi connectivity index (χ0n) is 11.2. The van der Waals surface area contributed by atoms with Crippen molar-refractivity contribution in [2.45, 2.75) is 0 Å². The third-order valence-corrected chi connectivity index (χ3v) is 3.71. The number of aromatic hydroxyl groups is 1. The van der Waals surface area contributed by atoms with E-state index in [2.05, 4.69) is 9.97 Å². The molecule has 1 amide bonds. The van der Waals surface area contributed by atoms with Gasteiger partial charge >= 0.3 is 0 Å². The van der Waals surface area contributed by atoms with E-state index >= 15 is 0 Å². The first-order valence-electron chi connectivity index (χ1n) is 6.31. The second-order valence-corrected chi connectivity index (χ2v) is 5.02. The van der Waals surface area contributed by atoms with Gasteiger partial charge in [0.1, 0.15) is 5.75 Å². The van der Waals surface area contributed by atoms with Gasteiger partial charge in [-0.05, 0) is 12.1 Å². The Morgan fingerprint density at radius 3 is 2.68 bits per heavy atom. The molecule has 110 valence electrons. The van der Waals surface area contributed by atoms with E-state index < -0.39 is 5.91 Å². The number of nitrogens with zero attached hydrogens (tertiary/aromatic N) is 2. The van der Waals surface area contributed by atoms with Crippen LogP contribution in [0.4, 0.5) is 5.69 Å². The molecule has 3 rings (SSSR count). The zero-order chi connectivity index (χ0) is 15.9. The number of fused-ring (bicyclic) bond motifs is 1. The molecule has 0 aliphatic rings. The number of carbonyl (C=O) groups is 1. The molecule has 5 N–H and O–H groups in total. The Hall–Kier alpha value is -2.86. The van der Waals surface area contributed by atoms with Crippen LogP contribution in [0.5, 0.6) is 5.75 Å². The lowest BCUT2D eigenvalue weighted by Gasteiger charge is -2.14. The number of aromatic nitrogens is 2. The highest BCUT2D eigenvalue weighted by molar-refractivity contribution is 6.35. The molecule has 1 aromatic heterocycles. The topological polar surface area (TPSA) is 115 Å². The second-order valence-electron chi connectivity index (χ2n) is 4.64. The molecule has 22 heavy (non-hydrogen) atoms. The molecule has 0 aliphatic heterocycles. The van der Waals surface area contributed by atoms with Gasteiger partial charge in [0, 0.05) is 23.5 Å². The van der Waals surface area contributed by atoms with Crippen molar-refractivity contribution in [1.82, 2.24) is 9.97 Å². The molecule has 7 heteroatoms. The van der Waals surface area contributed by atoms with Crippen molar-refractivity contribution in [1.29, 1.82) is 0 Å². The number of rotatable bonds is 2. The molecule has 0 saturated carbocycles. The fourth-order valence-corrected chi connectivity index (χ4v) is 2.53. The summed E-state index contributed by atoms with van der Waals surface area (Å²) in [5.74, 6) is -0.775. The fourth-order valence-electron chi connectivity index (χ4n) is 2.31. The van der Waals surface area contributed by atoms with Gasteiger partial charge in [-0.15, -0.1) is 0 Å². The van der Waals surface area contributed by atoms with Gasteiger partial charge < -0.3 is 16.6 Å². The molecule has 0 spiro atoms. The molecular formula is C15H11ClN4O2. The van der Waals surface area contributed by atoms with Crippen molar-refractivity contribution in [3.05, 3.63) is 47.2 Å². The third-order valence-electron chi connectivity index (χ3n) is 3.32. The van der Waals surface area contributed by atoms with Gasteiger partial charge in [0.25, 0.3) is 5.91 Å². The molecule has 2 aromatic carbocycles. The highest BCUT2D eigenvalue weighted by atomic mass is 35.5. The largest absolute Gasteiger partial charge is 0.506 e. The molecule has 3 aromatic rings. The summed E-state index contributed by atoms with van der Waals surface area (Å²) in [6.07, 6.45) is 3.00. The minimum absolute atomic E-state index is 0.0971. The molecule has 0 bridgehead atoms.